The van der Waals surface area contributed by atoms with Gasteiger partial charge in [0.25, 0.3) is 0 Å². The van der Waals surface area contributed by atoms with Crippen molar-refractivity contribution < 1.29 is 4.39 Å². The van der Waals surface area contributed by atoms with Gasteiger partial charge in [0.2, 0.25) is 5.95 Å². The predicted molar refractivity (Wildman–Crippen MR) is 76.9 cm³/mol. The molecule has 20 heavy (non-hydrogen) atoms. The Hall–Kier alpha value is -2.43. The lowest BCUT2D eigenvalue weighted by atomic mass is 10.1. The summed E-state index contributed by atoms with van der Waals surface area (Å²) in [6.45, 7) is 4.06. The molecule has 0 aliphatic carbocycles. The van der Waals surface area contributed by atoms with E-state index in [4.69, 9.17) is 5.73 Å². The molecule has 4 nitrogen and oxygen atoms in total. The van der Waals surface area contributed by atoms with Crippen LogP contribution < -0.4 is 5.73 Å². The second-order valence-electron chi connectivity index (χ2n) is 4.95. The maximum atomic E-state index is 13.7. The normalized spacial score (nSPS) is 11.2. The van der Waals surface area contributed by atoms with Crippen molar-refractivity contribution in [3.63, 3.8) is 0 Å². The fourth-order valence-corrected chi connectivity index (χ4v) is 2.44. The summed E-state index contributed by atoms with van der Waals surface area (Å²) in [5.41, 5.74) is 9.70. The van der Waals surface area contributed by atoms with Crippen LogP contribution in [0.4, 0.5) is 10.3 Å². The van der Waals surface area contributed by atoms with E-state index in [0.29, 0.717) is 23.6 Å². The van der Waals surface area contributed by atoms with Gasteiger partial charge in [0.15, 0.2) is 5.65 Å². The number of pyridine rings is 1. The van der Waals surface area contributed by atoms with E-state index < -0.39 is 0 Å². The van der Waals surface area contributed by atoms with Gasteiger partial charge in [-0.15, -0.1) is 0 Å². The van der Waals surface area contributed by atoms with Crippen molar-refractivity contribution in [3.8, 4) is 0 Å². The van der Waals surface area contributed by atoms with Crippen molar-refractivity contribution in [1.82, 2.24) is 14.5 Å². The first-order valence-electron chi connectivity index (χ1n) is 6.38. The molecule has 0 atom stereocenters. The number of rotatable bonds is 2. The zero-order valence-corrected chi connectivity index (χ0v) is 11.4. The molecule has 1 aromatic carbocycles. The zero-order chi connectivity index (χ0) is 14.3. The number of nitrogen functional groups attached to an aromatic ring is 1. The van der Waals surface area contributed by atoms with Crippen LogP contribution in [0.15, 0.2) is 30.5 Å². The van der Waals surface area contributed by atoms with Crippen LogP contribution in [0, 0.1) is 19.7 Å². The van der Waals surface area contributed by atoms with Crippen LogP contribution in [0.1, 0.15) is 16.7 Å². The maximum absolute atomic E-state index is 13.7. The Balaban J connectivity index is 2.07. The van der Waals surface area contributed by atoms with Gasteiger partial charge in [0.05, 0.1) is 6.54 Å². The van der Waals surface area contributed by atoms with Crippen molar-refractivity contribution in [3.05, 3.63) is 53.0 Å². The lowest BCUT2D eigenvalue weighted by Crippen LogP contribution is -2.06. The monoisotopic (exact) mass is 270 g/mol. The number of aromatic nitrogens is 3. The van der Waals surface area contributed by atoms with Crippen LogP contribution in [0.2, 0.25) is 0 Å². The molecule has 5 heteroatoms. The summed E-state index contributed by atoms with van der Waals surface area (Å²) in [4.78, 5) is 8.58. The van der Waals surface area contributed by atoms with Crippen LogP contribution >= 0.6 is 0 Å². The highest BCUT2D eigenvalue weighted by atomic mass is 19.1. The summed E-state index contributed by atoms with van der Waals surface area (Å²) in [6.07, 6.45) is 1.71. The number of hydrogen-bond donors (Lipinski definition) is 1. The topological polar surface area (TPSA) is 56.7 Å². The molecular formula is C15H15FN4. The average Bonchev–Trinajstić information content (AvgIpc) is 2.73. The molecular weight excluding hydrogens is 255 g/mol. The number of aryl methyl sites for hydroxylation is 2. The standard InChI is InChI=1S/C15H15FN4/c1-9-6-11(7-10(2)13(9)16)8-20-14-12(19-15(20)17)4-3-5-18-14/h3-7H,8H2,1-2H3,(H2,17,19). The van der Waals surface area contributed by atoms with Crippen LogP contribution in [-0.4, -0.2) is 14.5 Å². The minimum Gasteiger partial charge on any atom is -0.369 e. The van der Waals surface area contributed by atoms with Crippen LogP contribution in [0.5, 0.6) is 0 Å². The maximum Gasteiger partial charge on any atom is 0.202 e. The molecule has 0 amide bonds. The van der Waals surface area contributed by atoms with E-state index in [9.17, 15) is 4.39 Å². The fourth-order valence-electron chi connectivity index (χ4n) is 2.44. The molecule has 3 rings (SSSR count). The number of halogens is 1. The van der Waals surface area contributed by atoms with Crippen LogP contribution in [-0.2, 0) is 6.54 Å². The molecule has 0 spiro atoms. The summed E-state index contributed by atoms with van der Waals surface area (Å²) in [6, 6.07) is 7.36. The highest BCUT2D eigenvalue weighted by molar-refractivity contribution is 5.73. The third-order valence-electron chi connectivity index (χ3n) is 3.37. The SMILES string of the molecule is Cc1cc(Cn2c(N)nc3cccnc32)cc(C)c1F. The molecule has 2 aromatic heterocycles. The first-order valence-corrected chi connectivity index (χ1v) is 6.38. The van der Waals surface area contributed by atoms with E-state index >= 15 is 0 Å². The molecule has 0 bridgehead atoms. The summed E-state index contributed by atoms with van der Waals surface area (Å²) in [7, 11) is 0. The zero-order valence-electron chi connectivity index (χ0n) is 11.4. The molecule has 0 aliphatic heterocycles. The molecule has 2 heterocycles. The van der Waals surface area contributed by atoms with E-state index in [2.05, 4.69) is 9.97 Å². The lowest BCUT2D eigenvalue weighted by molar-refractivity contribution is 0.607. The summed E-state index contributed by atoms with van der Waals surface area (Å²) >= 11 is 0. The molecule has 0 saturated carbocycles. The molecule has 3 aromatic rings. The van der Waals surface area contributed by atoms with Crippen LogP contribution in [0.25, 0.3) is 11.2 Å². The Bertz CT molecular complexity index is 769. The minimum absolute atomic E-state index is 0.157. The Labute approximate surface area is 116 Å². The number of benzene rings is 1. The van der Waals surface area contributed by atoms with Gasteiger partial charge in [-0.2, -0.15) is 0 Å². The van der Waals surface area contributed by atoms with Gasteiger partial charge in [-0.05, 0) is 42.7 Å². The van der Waals surface area contributed by atoms with E-state index in [1.807, 2.05) is 28.8 Å². The van der Waals surface area contributed by atoms with Crippen molar-refractivity contribution >= 4 is 17.1 Å². The third kappa shape index (κ3) is 2.01. The number of fused-ring (bicyclic) bond motifs is 1. The molecule has 0 aliphatic rings. The number of anilines is 1. The van der Waals surface area contributed by atoms with E-state index in [-0.39, 0.29) is 5.82 Å². The smallest absolute Gasteiger partial charge is 0.202 e. The van der Waals surface area contributed by atoms with Gasteiger partial charge in [-0.1, -0.05) is 12.1 Å². The van der Waals surface area contributed by atoms with Crippen molar-refractivity contribution in [2.75, 3.05) is 5.73 Å². The fraction of sp³-hybridized carbons (Fsp3) is 0.200. The highest BCUT2D eigenvalue weighted by Crippen LogP contribution is 2.20. The van der Waals surface area contributed by atoms with Gasteiger partial charge in [-0.3, -0.25) is 4.57 Å². The van der Waals surface area contributed by atoms with Gasteiger partial charge >= 0.3 is 0 Å². The van der Waals surface area contributed by atoms with Crippen LogP contribution in [0.3, 0.4) is 0 Å². The summed E-state index contributed by atoms with van der Waals surface area (Å²) in [5.74, 6) is 0.258. The largest absolute Gasteiger partial charge is 0.369 e. The Morgan fingerprint density at radius 3 is 2.65 bits per heavy atom. The average molecular weight is 270 g/mol. The van der Waals surface area contributed by atoms with Crippen molar-refractivity contribution in [1.29, 1.82) is 0 Å². The van der Waals surface area contributed by atoms with E-state index in [1.54, 1.807) is 20.0 Å². The second-order valence-corrected chi connectivity index (χ2v) is 4.95. The van der Waals surface area contributed by atoms with E-state index in [1.165, 1.54) is 0 Å². The minimum atomic E-state index is -0.157. The molecule has 0 radical (unpaired) electrons. The number of hydrogen-bond acceptors (Lipinski definition) is 3. The Morgan fingerprint density at radius 1 is 1.25 bits per heavy atom. The number of nitrogens with zero attached hydrogens (tertiary/aromatic N) is 3. The Morgan fingerprint density at radius 2 is 1.95 bits per heavy atom. The van der Waals surface area contributed by atoms with Crippen molar-refractivity contribution in [2.24, 2.45) is 0 Å². The molecule has 0 unspecified atom stereocenters. The van der Waals surface area contributed by atoms with E-state index in [0.717, 1.165) is 16.7 Å². The summed E-state index contributed by atoms with van der Waals surface area (Å²) < 4.78 is 15.5. The molecule has 0 fully saturated rings. The first kappa shape index (κ1) is 12.6. The molecule has 102 valence electrons. The quantitative estimate of drug-likeness (QED) is 0.779. The predicted octanol–water partition coefficient (Wildman–Crippen LogP) is 2.82. The van der Waals surface area contributed by atoms with Gasteiger partial charge in [0, 0.05) is 6.20 Å². The van der Waals surface area contributed by atoms with Gasteiger partial charge in [0.1, 0.15) is 11.3 Å². The molecule has 0 saturated heterocycles. The Kier molecular flexibility index (Phi) is 2.89. The second kappa shape index (κ2) is 4.59. The van der Waals surface area contributed by atoms with Crippen molar-refractivity contribution in [2.45, 2.75) is 20.4 Å². The lowest BCUT2D eigenvalue weighted by Gasteiger charge is -2.09. The first-order chi connectivity index (χ1) is 9.56. The van der Waals surface area contributed by atoms with Gasteiger partial charge < -0.3 is 5.73 Å². The van der Waals surface area contributed by atoms with Gasteiger partial charge in [-0.25, -0.2) is 14.4 Å². The third-order valence-corrected chi connectivity index (χ3v) is 3.37. The number of imidazole rings is 1. The highest BCUT2D eigenvalue weighted by Gasteiger charge is 2.11. The molecule has 2 N–H and O–H groups in total. The summed E-state index contributed by atoms with van der Waals surface area (Å²) in [5, 5.41) is 0. The number of nitrogens with two attached hydrogens (primary N) is 1.